The van der Waals surface area contributed by atoms with Gasteiger partial charge in [-0.1, -0.05) is 23.8 Å². The molecule has 0 amide bonds. The number of sulfonamides is 1. The number of halogens is 1. The van der Waals surface area contributed by atoms with Crippen molar-refractivity contribution >= 4 is 27.6 Å². The molecule has 0 spiro atoms. The standard InChI is InChI=1S/C18H22ClNO4S/c19-17-9-8-15(25(22,23)20-10-4-5-11-20)12-16(17)18(21)24-13-14-6-2-1-3-7-14/h1-2,8-9,12,14H,3-7,10-11,13H2. The molecule has 25 heavy (non-hydrogen) atoms. The lowest BCUT2D eigenvalue weighted by molar-refractivity contribution is 0.0432. The van der Waals surface area contributed by atoms with Crippen LogP contribution in [0.1, 0.15) is 42.5 Å². The Morgan fingerprint density at radius 3 is 2.68 bits per heavy atom. The van der Waals surface area contributed by atoms with Crippen molar-refractivity contribution in [1.82, 2.24) is 4.31 Å². The van der Waals surface area contributed by atoms with E-state index < -0.39 is 16.0 Å². The van der Waals surface area contributed by atoms with Gasteiger partial charge in [-0.05, 0) is 56.2 Å². The first-order valence-corrected chi connectivity index (χ1v) is 10.4. The summed E-state index contributed by atoms with van der Waals surface area (Å²) >= 11 is 6.10. The number of rotatable bonds is 5. The molecule has 2 aliphatic rings. The Bertz CT molecular complexity index is 769. The van der Waals surface area contributed by atoms with Crippen LogP contribution in [-0.4, -0.2) is 38.4 Å². The molecule has 1 atom stereocenters. The Balaban J connectivity index is 1.74. The van der Waals surface area contributed by atoms with Crippen LogP contribution < -0.4 is 0 Å². The summed E-state index contributed by atoms with van der Waals surface area (Å²) in [6, 6.07) is 4.22. The zero-order valence-electron chi connectivity index (χ0n) is 14.0. The molecule has 0 aromatic heterocycles. The largest absolute Gasteiger partial charge is 0.462 e. The van der Waals surface area contributed by atoms with Crippen LogP contribution in [0.3, 0.4) is 0 Å². The highest BCUT2D eigenvalue weighted by Gasteiger charge is 2.28. The zero-order chi connectivity index (χ0) is 17.9. The highest BCUT2D eigenvalue weighted by Crippen LogP contribution is 2.26. The molecule has 0 bridgehead atoms. The third-order valence-electron chi connectivity index (χ3n) is 4.69. The number of esters is 1. The molecular formula is C18H22ClNO4S. The van der Waals surface area contributed by atoms with E-state index in [-0.39, 0.29) is 15.5 Å². The molecular weight excluding hydrogens is 362 g/mol. The fourth-order valence-corrected chi connectivity index (χ4v) is 4.92. The minimum atomic E-state index is -3.59. The van der Waals surface area contributed by atoms with E-state index in [0.29, 0.717) is 25.6 Å². The van der Waals surface area contributed by atoms with Gasteiger partial charge in [0, 0.05) is 13.1 Å². The van der Waals surface area contributed by atoms with E-state index in [0.717, 1.165) is 32.1 Å². The van der Waals surface area contributed by atoms with Crippen LogP contribution in [0.2, 0.25) is 5.02 Å². The van der Waals surface area contributed by atoms with Gasteiger partial charge in [0.2, 0.25) is 10.0 Å². The number of hydrogen-bond acceptors (Lipinski definition) is 4. The molecule has 1 heterocycles. The second kappa shape index (κ2) is 7.89. The quantitative estimate of drug-likeness (QED) is 0.575. The summed E-state index contributed by atoms with van der Waals surface area (Å²) in [5, 5.41) is 0.203. The minimum absolute atomic E-state index is 0.0892. The topological polar surface area (TPSA) is 63.7 Å². The SMILES string of the molecule is O=C(OCC1CC=CCC1)c1cc(S(=O)(=O)N2CCCC2)ccc1Cl. The molecule has 3 rings (SSSR count). The third-order valence-corrected chi connectivity index (χ3v) is 6.91. The molecule has 1 fully saturated rings. The summed E-state index contributed by atoms with van der Waals surface area (Å²) in [4.78, 5) is 12.5. The third kappa shape index (κ3) is 4.25. The first-order chi connectivity index (χ1) is 12.0. The Morgan fingerprint density at radius 1 is 1.24 bits per heavy atom. The van der Waals surface area contributed by atoms with E-state index in [9.17, 15) is 13.2 Å². The van der Waals surface area contributed by atoms with Gasteiger partial charge in [-0.25, -0.2) is 13.2 Å². The number of carbonyl (C=O) groups excluding carboxylic acids is 1. The van der Waals surface area contributed by atoms with Gasteiger partial charge in [-0.15, -0.1) is 0 Å². The molecule has 1 aliphatic heterocycles. The Hall–Kier alpha value is -1.37. The molecule has 1 saturated heterocycles. The summed E-state index contributed by atoms with van der Waals surface area (Å²) < 4.78 is 32.1. The van der Waals surface area contributed by atoms with Crippen molar-refractivity contribution in [1.29, 1.82) is 0 Å². The van der Waals surface area contributed by atoms with Crippen LogP contribution in [-0.2, 0) is 14.8 Å². The lowest BCUT2D eigenvalue weighted by Gasteiger charge is -2.18. The number of carbonyl (C=O) groups is 1. The van der Waals surface area contributed by atoms with Gasteiger partial charge < -0.3 is 4.74 Å². The fourth-order valence-electron chi connectivity index (χ4n) is 3.18. The molecule has 7 heteroatoms. The van der Waals surface area contributed by atoms with Gasteiger partial charge in [-0.2, -0.15) is 4.31 Å². The van der Waals surface area contributed by atoms with Gasteiger partial charge in [0.1, 0.15) is 0 Å². The number of hydrogen-bond donors (Lipinski definition) is 0. The normalized spacial score (nSPS) is 21.4. The highest BCUT2D eigenvalue weighted by atomic mass is 35.5. The van der Waals surface area contributed by atoms with Gasteiger partial charge in [0.15, 0.2) is 0 Å². The van der Waals surface area contributed by atoms with Crippen LogP contribution in [0.25, 0.3) is 0 Å². The van der Waals surface area contributed by atoms with Gasteiger partial charge in [0.05, 0.1) is 22.1 Å². The van der Waals surface area contributed by atoms with Crippen molar-refractivity contribution in [3.05, 3.63) is 40.9 Å². The van der Waals surface area contributed by atoms with Crippen molar-refractivity contribution in [3.63, 3.8) is 0 Å². The molecule has 0 N–H and O–H groups in total. The predicted octanol–water partition coefficient (Wildman–Crippen LogP) is 3.64. The summed E-state index contributed by atoms with van der Waals surface area (Å²) in [5.74, 6) is -0.262. The summed E-state index contributed by atoms with van der Waals surface area (Å²) in [6.07, 6.45) is 8.81. The predicted molar refractivity (Wildman–Crippen MR) is 96.2 cm³/mol. The van der Waals surface area contributed by atoms with E-state index in [1.165, 1.54) is 22.5 Å². The number of ether oxygens (including phenoxy) is 1. The van der Waals surface area contributed by atoms with E-state index in [4.69, 9.17) is 16.3 Å². The summed E-state index contributed by atoms with van der Waals surface area (Å²) in [6.45, 7) is 1.35. The minimum Gasteiger partial charge on any atom is -0.462 e. The van der Waals surface area contributed by atoms with E-state index >= 15 is 0 Å². The Kier molecular flexibility index (Phi) is 5.81. The van der Waals surface area contributed by atoms with Crippen molar-refractivity contribution in [2.75, 3.05) is 19.7 Å². The molecule has 0 saturated carbocycles. The average Bonchev–Trinajstić information content (AvgIpc) is 3.16. The molecule has 5 nitrogen and oxygen atoms in total. The van der Waals surface area contributed by atoms with E-state index in [1.54, 1.807) is 0 Å². The maximum absolute atomic E-state index is 12.6. The molecule has 1 aromatic rings. The Morgan fingerprint density at radius 2 is 2.00 bits per heavy atom. The molecule has 1 unspecified atom stereocenters. The number of allylic oxidation sites excluding steroid dienone is 2. The molecule has 136 valence electrons. The number of nitrogens with zero attached hydrogens (tertiary/aromatic N) is 1. The first kappa shape index (κ1) is 18.4. The van der Waals surface area contributed by atoms with Gasteiger partial charge in [0.25, 0.3) is 0 Å². The average molecular weight is 384 g/mol. The van der Waals surface area contributed by atoms with E-state index in [2.05, 4.69) is 12.2 Å². The molecule has 1 aromatic carbocycles. The monoisotopic (exact) mass is 383 g/mol. The van der Waals surface area contributed by atoms with Crippen molar-refractivity contribution in [3.8, 4) is 0 Å². The lowest BCUT2D eigenvalue weighted by Crippen LogP contribution is -2.28. The first-order valence-electron chi connectivity index (χ1n) is 8.60. The van der Waals surface area contributed by atoms with Crippen LogP contribution in [0.4, 0.5) is 0 Å². The molecule has 1 aliphatic carbocycles. The summed E-state index contributed by atoms with van der Waals surface area (Å²) in [7, 11) is -3.59. The maximum Gasteiger partial charge on any atom is 0.339 e. The smallest absolute Gasteiger partial charge is 0.339 e. The van der Waals surface area contributed by atoms with Crippen LogP contribution in [0.15, 0.2) is 35.2 Å². The fraction of sp³-hybridized carbons (Fsp3) is 0.500. The van der Waals surface area contributed by atoms with Crippen molar-refractivity contribution in [2.24, 2.45) is 5.92 Å². The van der Waals surface area contributed by atoms with Crippen LogP contribution >= 0.6 is 11.6 Å². The number of benzene rings is 1. The second-order valence-corrected chi connectivity index (χ2v) is 8.85. The van der Waals surface area contributed by atoms with Crippen molar-refractivity contribution in [2.45, 2.75) is 37.0 Å². The highest BCUT2D eigenvalue weighted by molar-refractivity contribution is 7.89. The maximum atomic E-state index is 12.6. The van der Waals surface area contributed by atoms with Gasteiger partial charge in [-0.3, -0.25) is 0 Å². The molecule has 0 radical (unpaired) electrons. The van der Waals surface area contributed by atoms with Crippen molar-refractivity contribution < 1.29 is 17.9 Å². The van der Waals surface area contributed by atoms with Crippen LogP contribution in [0, 0.1) is 5.92 Å². The zero-order valence-corrected chi connectivity index (χ0v) is 15.6. The van der Waals surface area contributed by atoms with Gasteiger partial charge >= 0.3 is 5.97 Å². The van der Waals surface area contributed by atoms with Crippen LogP contribution in [0.5, 0.6) is 0 Å². The van der Waals surface area contributed by atoms with E-state index in [1.807, 2.05) is 0 Å². The summed E-state index contributed by atoms with van der Waals surface area (Å²) in [5.41, 5.74) is 0.105. The second-order valence-electron chi connectivity index (χ2n) is 6.50. The lowest BCUT2D eigenvalue weighted by atomic mass is 9.95. The Labute approximate surface area is 153 Å².